The number of ether oxygens (including phenoxy) is 1. The molecule has 0 aromatic carbocycles. The van der Waals surface area contributed by atoms with Crippen LogP contribution in [-0.2, 0) is 4.74 Å². The molecule has 1 atom stereocenters. The van der Waals surface area contributed by atoms with Gasteiger partial charge in [0, 0.05) is 26.2 Å². The normalized spacial score (nSPS) is 19.2. The Balaban J connectivity index is 2.11. The summed E-state index contributed by atoms with van der Waals surface area (Å²) in [5, 5.41) is 3.48. The predicted molar refractivity (Wildman–Crippen MR) is 78.0 cm³/mol. The molecule has 1 N–H and O–H groups in total. The second kappa shape index (κ2) is 8.13. The summed E-state index contributed by atoms with van der Waals surface area (Å²) in [7, 11) is 2.21. The lowest BCUT2D eigenvalue weighted by atomic mass is 9.87. The Morgan fingerprint density at radius 1 is 1.33 bits per heavy atom. The molecule has 0 aromatic rings. The van der Waals surface area contributed by atoms with Crippen LogP contribution >= 0.6 is 0 Å². The highest BCUT2D eigenvalue weighted by Crippen LogP contribution is 2.28. The second-order valence-corrected chi connectivity index (χ2v) is 6.20. The van der Waals surface area contributed by atoms with E-state index in [9.17, 15) is 0 Å². The second-order valence-electron chi connectivity index (χ2n) is 6.20. The number of likely N-dealkylation sites (N-methyl/N-ethyl adjacent to an activating group) is 1. The molecule has 0 bridgehead atoms. The van der Waals surface area contributed by atoms with E-state index in [1.54, 1.807) is 0 Å². The molecular weight excluding hydrogens is 224 g/mol. The first-order valence-corrected chi connectivity index (χ1v) is 7.56. The molecule has 0 spiro atoms. The Kier molecular flexibility index (Phi) is 7.20. The number of hydrogen-bond acceptors (Lipinski definition) is 3. The largest absolute Gasteiger partial charge is 0.380 e. The van der Waals surface area contributed by atoms with Gasteiger partial charge in [-0.3, -0.25) is 0 Å². The van der Waals surface area contributed by atoms with Gasteiger partial charge in [-0.1, -0.05) is 20.8 Å². The van der Waals surface area contributed by atoms with Crippen molar-refractivity contribution in [1.82, 2.24) is 10.2 Å². The summed E-state index contributed by atoms with van der Waals surface area (Å²) in [4.78, 5) is 2.41. The Morgan fingerprint density at radius 3 is 2.61 bits per heavy atom. The topological polar surface area (TPSA) is 24.5 Å². The van der Waals surface area contributed by atoms with Crippen LogP contribution in [0.1, 0.15) is 40.0 Å². The van der Waals surface area contributed by atoms with Gasteiger partial charge in [0.25, 0.3) is 0 Å². The lowest BCUT2D eigenvalue weighted by molar-refractivity contribution is 0.0883. The quantitative estimate of drug-likeness (QED) is 0.574. The fourth-order valence-corrected chi connectivity index (χ4v) is 2.21. The van der Waals surface area contributed by atoms with Crippen LogP contribution in [0.4, 0.5) is 0 Å². The smallest absolute Gasteiger partial charge is 0.0593 e. The van der Waals surface area contributed by atoms with Crippen LogP contribution in [0.5, 0.6) is 0 Å². The van der Waals surface area contributed by atoms with Crippen LogP contribution in [0.25, 0.3) is 0 Å². The van der Waals surface area contributed by atoms with Crippen molar-refractivity contribution in [2.45, 2.75) is 40.0 Å². The van der Waals surface area contributed by atoms with Crippen molar-refractivity contribution >= 4 is 0 Å². The van der Waals surface area contributed by atoms with Gasteiger partial charge in [0.1, 0.15) is 0 Å². The van der Waals surface area contributed by atoms with E-state index in [2.05, 4.69) is 38.0 Å². The van der Waals surface area contributed by atoms with E-state index in [1.165, 1.54) is 19.3 Å². The number of nitrogens with zero attached hydrogens (tertiary/aromatic N) is 1. The molecule has 18 heavy (non-hydrogen) atoms. The SMILES string of the molecule is CCNCC(C)(CC)CN(C)CCOCC1CC1. The van der Waals surface area contributed by atoms with Gasteiger partial charge < -0.3 is 15.0 Å². The lowest BCUT2D eigenvalue weighted by Gasteiger charge is -2.33. The summed E-state index contributed by atoms with van der Waals surface area (Å²) in [6.45, 7) is 13.1. The molecule has 1 aliphatic carbocycles. The molecule has 0 saturated heterocycles. The molecule has 0 aromatic heterocycles. The van der Waals surface area contributed by atoms with Crippen LogP contribution in [0.2, 0.25) is 0 Å². The predicted octanol–water partition coefficient (Wildman–Crippen LogP) is 2.37. The van der Waals surface area contributed by atoms with Gasteiger partial charge in [0.15, 0.2) is 0 Å². The third-order valence-electron chi connectivity index (χ3n) is 3.97. The summed E-state index contributed by atoms with van der Waals surface area (Å²) in [6.07, 6.45) is 3.98. The first-order valence-electron chi connectivity index (χ1n) is 7.56. The maximum Gasteiger partial charge on any atom is 0.0593 e. The van der Waals surface area contributed by atoms with E-state index in [4.69, 9.17) is 4.74 Å². The fourth-order valence-electron chi connectivity index (χ4n) is 2.21. The summed E-state index contributed by atoms with van der Waals surface area (Å²) < 4.78 is 5.70. The van der Waals surface area contributed by atoms with Crippen LogP contribution in [-0.4, -0.2) is 51.3 Å². The van der Waals surface area contributed by atoms with Gasteiger partial charge >= 0.3 is 0 Å². The zero-order valence-electron chi connectivity index (χ0n) is 12.8. The first kappa shape index (κ1) is 15.9. The van der Waals surface area contributed by atoms with Gasteiger partial charge in [-0.05, 0) is 44.2 Å². The Labute approximate surface area is 113 Å². The molecule has 1 fully saturated rings. The summed E-state index contributed by atoms with van der Waals surface area (Å²) in [5.41, 5.74) is 0.376. The summed E-state index contributed by atoms with van der Waals surface area (Å²) >= 11 is 0. The van der Waals surface area contributed by atoms with Crippen molar-refractivity contribution in [2.75, 3.05) is 46.4 Å². The Hall–Kier alpha value is -0.120. The minimum Gasteiger partial charge on any atom is -0.380 e. The molecule has 108 valence electrons. The average molecular weight is 256 g/mol. The Morgan fingerprint density at radius 2 is 2.06 bits per heavy atom. The lowest BCUT2D eigenvalue weighted by Crippen LogP contribution is -2.41. The third-order valence-corrected chi connectivity index (χ3v) is 3.97. The van der Waals surface area contributed by atoms with Crippen LogP contribution in [0.15, 0.2) is 0 Å². The maximum atomic E-state index is 5.70. The maximum absolute atomic E-state index is 5.70. The molecule has 1 unspecified atom stereocenters. The van der Waals surface area contributed by atoms with E-state index in [-0.39, 0.29) is 0 Å². The van der Waals surface area contributed by atoms with Crippen LogP contribution in [0.3, 0.4) is 0 Å². The molecule has 3 heteroatoms. The zero-order valence-corrected chi connectivity index (χ0v) is 12.8. The molecule has 0 amide bonds. The molecule has 0 heterocycles. The number of rotatable bonds is 11. The Bertz CT molecular complexity index is 219. The number of hydrogen-bond donors (Lipinski definition) is 1. The summed E-state index contributed by atoms with van der Waals surface area (Å²) in [6, 6.07) is 0. The highest BCUT2D eigenvalue weighted by atomic mass is 16.5. The third kappa shape index (κ3) is 6.72. The van der Waals surface area contributed by atoms with Gasteiger partial charge in [-0.2, -0.15) is 0 Å². The summed E-state index contributed by atoms with van der Waals surface area (Å²) in [5.74, 6) is 0.880. The van der Waals surface area contributed by atoms with E-state index in [0.29, 0.717) is 5.41 Å². The van der Waals surface area contributed by atoms with Gasteiger partial charge in [-0.15, -0.1) is 0 Å². The van der Waals surface area contributed by atoms with Crippen molar-refractivity contribution in [2.24, 2.45) is 11.3 Å². The zero-order chi connectivity index (χ0) is 13.4. The minimum absolute atomic E-state index is 0.376. The molecule has 3 nitrogen and oxygen atoms in total. The molecule has 0 aliphatic heterocycles. The van der Waals surface area contributed by atoms with Gasteiger partial charge in [0.05, 0.1) is 6.61 Å². The highest BCUT2D eigenvalue weighted by molar-refractivity contribution is 4.78. The van der Waals surface area contributed by atoms with Crippen molar-refractivity contribution < 1.29 is 4.74 Å². The van der Waals surface area contributed by atoms with Crippen molar-refractivity contribution in [3.63, 3.8) is 0 Å². The fraction of sp³-hybridized carbons (Fsp3) is 1.00. The van der Waals surface area contributed by atoms with Crippen molar-refractivity contribution in [3.05, 3.63) is 0 Å². The monoisotopic (exact) mass is 256 g/mol. The van der Waals surface area contributed by atoms with E-state index in [1.807, 2.05) is 0 Å². The average Bonchev–Trinajstić information content (AvgIpc) is 3.16. The molecule has 1 aliphatic rings. The van der Waals surface area contributed by atoms with Gasteiger partial charge in [-0.25, -0.2) is 0 Å². The molecule has 0 radical (unpaired) electrons. The molecular formula is C15H32N2O. The minimum atomic E-state index is 0.376. The van der Waals surface area contributed by atoms with E-state index >= 15 is 0 Å². The van der Waals surface area contributed by atoms with E-state index in [0.717, 1.165) is 45.3 Å². The van der Waals surface area contributed by atoms with E-state index < -0.39 is 0 Å². The van der Waals surface area contributed by atoms with Crippen LogP contribution in [0, 0.1) is 11.3 Å². The first-order chi connectivity index (χ1) is 8.59. The molecule has 1 saturated carbocycles. The van der Waals surface area contributed by atoms with Crippen molar-refractivity contribution in [1.29, 1.82) is 0 Å². The van der Waals surface area contributed by atoms with Crippen molar-refractivity contribution in [3.8, 4) is 0 Å². The highest BCUT2D eigenvalue weighted by Gasteiger charge is 2.24. The van der Waals surface area contributed by atoms with Gasteiger partial charge in [0.2, 0.25) is 0 Å². The standard InChI is InChI=1S/C15H32N2O/c1-5-15(3,12-16-6-2)13-17(4)9-10-18-11-14-7-8-14/h14,16H,5-13H2,1-4H3. The molecule has 1 rings (SSSR count). The number of nitrogens with one attached hydrogen (secondary N) is 1. The van der Waals surface area contributed by atoms with Crippen LogP contribution < -0.4 is 5.32 Å².